The smallest absolute Gasteiger partial charge is 0.0457 e. The van der Waals surface area contributed by atoms with E-state index in [-0.39, 0.29) is 0 Å². The molecule has 3 rings (SSSR count). The predicted molar refractivity (Wildman–Crippen MR) is 84.7 cm³/mol. The average molecular weight is 264 g/mol. The van der Waals surface area contributed by atoms with Crippen molar-refractivity contribution < 1.29 is 0 Å². The maximum Gasteiger partial charge on any atom is 0.0457 e. The first-order valence-electron chi connectivity index (χ1n) is 7.09. The Morgan fingerprint density at radius 3 is 2.60 bits per heavy atom. The van der Waals surface area contributed by atoms with Crippen molar-refractivity contribution >= 4 is 10.9 Å². The number of aryl methyl sites for hydroxylation is 1. The molecule has 1 atom stereocenters. The SMILES string of the molecule is Cc1ccc([C@@H](C)NCc2c[nH]c3ccccc23)cc1. The molecule has 20 heavy (non-hydrogen) atoms. The van der Waals surface area contributed by atoms with Crippen LogP contribution in [-0.4, -0.2) is 4.98 Å². The predicted octanol–water partition coefficient (Wildman–Crippen LogP) is 4.33. The molecular formula is C18H20N2. The molecule has 0 saturated heterocycles. The molecule has 0 spiro atoms. The Morgan fingerprint density at radius 1 is 1.05 bits per heavy atom. The Bertz CT molecular complexity index is 695. The molecule has 102 valence electrons. The lowest BCUT2D eigenvalue weighted by molar-refractivity contribution is 0.576. The molecule has 0 radical (unpaired) electrons. The van der Waals surface area contributed by atoms with E-state index in [1.54, 1.807) is 0 Å². The fourth-order valence-electron chi connectivity index (χ4n) is 2.51. The molecule has 0 aliphatic heterocycles. The van der Waals surface area contributed by atoms with Crippen LogP contribution < -0.4 is 5.32 Å². The summed E-state index contributed by atoms with van der Waals surface area (Å²) in [5, 5.41) is 4.89. The van der Waals surface area contributed by atoms with Gasteiger partial charge in [-0.2, -0.15) is 0 Å². The standard InChI is InChI=1S/C18H20N2/c1-13-7-9-15(10-8-13)14(2)19-11-16-12-20-18-6-4-3-5-17(16)18/h3-10,12,14,19-20H,11H2,1-2H3/t14-/m1/s1. The Kier molecular flexibility index (Phi) is 3.57. The number of nitrogens with one attached hydrogen (secondary N) is 2. The molecule has 1 heterocycles. The highest BCUT2D eigenvalue weighted by molar-refractivity contribution is 5.82. The monoisotopic (exact) mass is 264 g/mol. The topological polar surface area (TPSA) is 27.8 Å². The van der Waals surface area contributed by atoms with Gasteiger partial charge in [0.05, 0.1) is 0 Å². The van der Waals surface area contributed by atoms with Crippen molar-refractivity contribution in [3.8, 4) is 0 Å². The van der Waals surface area contributed by atoms with Gasteiger partial charge in [-0.05, 0) is 31.0 Å². The summed E-state index contributed by atoms with van der Waals surface area (Å²) in [5.74, 6) is 0. The molecule has 0 fully saturated rings. The Hall–Kier alpha value is -2.06. The lowest BCUT2D eigenvalue weighted by atomic mass is 10.1. The Labute approximate surface area is 119 Å². The van der Waals surface area contributed by atoms with Crippen LogP contribution in [0.25, 0.3) is 10.9 Å². The summed E-state index contributed by atoms with van der Waals surface area (Å²) in [6.45, 7) is 5.20. The van der Waals surface area contributed by atoms with Crippen LogP contribution in [0.1, 0.15) is 29.7 Å². The fraction of sp³-hybridized carbons (Fsp3) is 0.222. The van der Waals surface area contributed by atoms with Gasteiger partial charge in [0.2, 0.25) is 0 Å². The molecule has 1 aromatic heterocycles. The number of fused-ring (bicyclic) bond motifs is 1. The summed E-state index contributed by atoms with van der Waals surface area (Å²) in [5.41, 5.74) is 5.15. The van der Waals surface area contributed by atoms with Gasteiger partial charge in [0.1, 0.15) is 0 Å². The van der Waals surface area contributed by atoms with Crippen LogP contribution in [0.5, 0.6) is 0 Å². The fourth-order valence-corrected chi connectivity index (χ4v) is 2.51. The van der Waals surface area contributed by atoms with Gasteiger partial charge in [-0.15, -0.1) is 0 Å². The van der Waals surface area contributed by atoms with Gasteiger partial charge in [-0.25, -0.2) is 0 Å². The number of H-pyrrole nitrogens is 1. The quantitative estimate of drug-likeness (QED) is 0.721. The van der Waals surface area contributed by atoms with Gasteiger partial charge >= 0.3 is 0 Å². The van der Waals surface area contributed by atoms with E-state index in [2.05, 4.69) is 78.9 Å². The minimum atomic E-state index is 0.351. The van der Waals surface area contributed by atoms with Crippen molar-refractivity contribution in [3.63, 3.8) is 0 Å². The number of aromatic nitrogens is 1. The second-order valence-corrected chi connectivity index (χ2v) is 5.37. The largest absolute Gasteiger partial charge is 0.361 e. The Morgan fingerprint density at radius 2 is 1.80 bits per heavy atom. The van der Waals surface area contributed by atoms with Crippen LogP contribution in [0, 0.1) is 6.92 Å². The van der Waals surface area contributed by atoms with E-state index in [4.69, 9.17) is 0 Å². The number of rotatable bonds is 4. The highest BCUT2D eigenvalue weighted by Crippen LogP contribution is 2.19. The summed E-state index contributed by atoms with van der Waals surface area (Å²) in [6.07, 6.45) is 2.10. The number of benzene rings is 2. The molecule has 2 nitrogen and oxygen atoms in total. The minimum absolute atomic E-state index is 0.351. The van der Waals surface area contributed by atoms with E-state index in [9.17, 15) is 0 Å². The lowest BCUT2D eigenvalue weighted by Gasteiger charge is -2.14. The normalized spacial score (nSPS) is 12.7. The molecule has 0 saturated carbocycles. The molecule has 3 aromatic rings. The number of aromatic amines is 1. The number of para-hydroxylation sites is 1. The zero-order valence-corrected chi connectivity index (χ0v) is 12.0. The zero-order valence-electron chi connectivity index (χ0n) is 12.0. The minimum Gasteiger partial charge on any atom is -0.361 e. The van der Waals surface area contributed by atoms with Crippen LogP contribution in [0.3, 0.4) is 0 Å². The lowest BCUT2D eigenvalue weighted by Crippen LogP contribution is -2.17. The summed E-state index contributed by atoms with van der Waals surface area (Å²) in [4.78, 5) is 3.32. The first-order valence-corrected chi connectivity index (χ1v) is 7.09. The molecule has 2 N–H and O–H groups in total. The van der Waals surface area contributed by atoms with Gasteiger partial charge < -0.3 is 10.3 Å². The van der Waals surface area contributed by atoms with Crippen LogP contribution in [-0.2, 0) is 6.54 Å². The van der Waals surface area contributed by atoms with Crippen LogP contribution >= 0.6 is 0 Å². The highest BCUT2D eigenvalue weighted by Gasteiger charge is 2.07. The molecule has 2 heteroatoms. The van der Waals surface area contributed by atoms with E-state index in [0.717, 1.165) is 6.54 Å². The maximum atomic E-state index is 3.59. The molecule has 0 bridgehead atoms. The third kappa shape index (κ3) is 2.61. The first-order chi connectivity index (χ1) is 9.74. The third-order valence-corrected chi connectivity index (χ3v) is 3.85. The molecular weight excluding hydrogens is 244 g/mol. The number of hydrogen-bond donors (Lipinski definition) is 2. The summed E-state index contributed by atoms with van der Waals surface area (Å²) >= 11 is 0. The number of hydrogen-bond acceptors (Lipinski definition) is 1. The van der Waals surface area contributed by atoms with Gasteiger partial charge in [0, 0.05) is 29.7 Å². The molecule has 0 aliphatic carbocycles. The molecule has 2 aromatic carbocycles. The summed E-state index contributed by atoms with van der Waals surface area (Å²) < 4.78 is 0. The van der Waals surface area contributed by atoms with Crippen molar-refractivity contribution in [2.24, 2.45) is 0 Å². The zero-order chi connectivity index (χ0) is 13.9. The van der Waals surface area contributed by atoms with E-state index in [1.807, 2.05) is 0 Å². The van der Waals surface area contributed by atoms with Gasteiger partial charge in [-0.3, -0.25) is 0 Å². The highest BCUT2D eigenvalue weighted by atomic mass is 14.9. The average Bonchev–Trinajstić information content (AvgIpc) is 2.89. The second-order valence-electron chi connectivity index (χ2n) is 5.37. The van der Waals surface area contributed by atoms with E-state index < -0.39 is 0 Å². The van der Waals surface area contributed by atoms with Gasteiger partial charge in [0.25, 0.3) is 0 Å². The van der Waals surface area contributed by atoms with Crippen molar-refractivity contribution in [3.05, 3.63) is 71.4 Å². The molecule has 0 amide bonds. The van der Waals surface area contributed by atoms with Crippen molar-refractivity contribution in [1.29, 1.82) is 0 Å². The third-order valence-electron chi connectivity index (χ3n) is 3.85. The van der Waals surface area contributed by atoms with Crippen molar-refractivity contribution in [2.45, 2.75) is 26.4 Å². The summed E-state index contributed by atoms with van der Waals surface area (Å²) in [6, 6.07) is 17.5. The second kappa shape index (κ2) is 5.51. The van der Waals surface area contributed by atoms with Gasteiger partial charge in [0.15, 0.2) is 0 Å². The van der Waals surface area contributed by atoms with E-state index in [1.165, 1.54) is 27.6 Å². The Balaban J connectivity index is 1.71. The van der Waals surface area contributed by atoms with Crippen LogP contribution in [0.15, 0.2) is 54.7 Å². The van der Waals surface area contributed by atoms with E-state index >= 15 is 0 Å². The van der Waals surface area contributed by atoms with Crippen LogP contribution in [0.4, 0.5) is 0 Å². The van der Waals surface area contributed by atoms with E-state index in [0.29, 0.717) is 6.04 Å². The van der Waals surface area contributed by atoms with Crippen molar-refractivity contribution in [1.82, 2.24) is 10.3 Å². The first kappa shape index (κ1) is 12.9. The van der Waals surface area contributed by atoms with Crippen molar-refractivity contribution in [2.75, 3.05) is 0 Å². The van der Waals surface area contributed by atoms with Gasteiger partial charge in [-0.1, -0.05) is 48.0 Å². The maximum absolute atomic E-state index is 3.59. The molecule has 0 unspecified atom stereocenters. The molecule has 0 aliphatic rings. The van der Waals surface area contributed by atoms with Crippen LogP contribution in [0.2, 0.25) is 0 Å². The summed E-state index contributed by atoms with van der Waals surface area (Å²) in [7, 11) is 0.